The van der Waals surface area contributed by atoms with Crippen molar-refractivity contribution in [3.8, 4) is 5.75 Å². The Kier molecular flexibility index (Phi) is 5.75. The molecule has 3 aliphatic carbocycles. The number of fused-ring (bicyclic) bond motifs is 3. The van der Waals surface area contributed by atoms with E-state index in [0.717, 1.165) is 0 Å². The van der Waals surface area contributed by atoms with E-state index in [9.17, 15) is 39.6 Å². The van der Waals surface area contributed by atoms with Crippen molar-refractivity contribution in [3.05, 3.63) is 76.1 Å². The summed E-state index contributed by atoms with van der Waals surface area (Å²) in [7, 11) is 0. The van der Waals surface area contributed by atoms with E-state index in [4.69, 9.17) is 16.2 Å². The van der Waals surface area contributed by atoms with E-state index >= 15 is 0 Å². The van der Waals surface area contributed by atoms with Crippen molar-refractivity contribution in [2.24, 2.45) is 17.6 Å². The first-order valence-corrected chi connectivity index (χ1v) is 11.8. The van der Waals surface area contributed by atoms with Crippen LogP contribution in [0.25, 0.3) is 5.76 Å². The number of anilines is 1. The zero-order valence-corrected chi connectivity index (χ0v) is 19.9. The molecule has 196 valence electrons. The lowest BCUT2D eigenvalue weighted by Gasteiger charge is -2.49. The summed E-state index contributed by atoms with van der Waals surface area (Å²) < 4.78 is 5.77. The lowest BCUT2D eigenvalue weighted by Crippen LogP contribution is -2.64. The van der Waals surface area contributed by atoms with Gasteiger partial charge in [0, 0.05) is 29.5 Å². The second-order valence-corrected chi connectivity index (χ2v) is 9.67. The number of hydrogen-bond donors (Lipinski definition) is 6. The number of benzene rings is 2. The Hall–Kier alpha value is -4.64. The quantitative estimate of drug-likeness (QED) is 0.189. The number of ether oxygens (including phenoxy) is 1. The molecule has 1 saturated carbocycles. The van der Waals surface area contributed by atoms with E-state index in [-0.39, 0.29) is 24.2 Å². The maximum absolute atomic E-state index is 13.7. The van der Waals surface area contributed by atoms with Crippen LogP contribution in [0.2, 0.25) is 0 Å². The third kappa shape index (κ3) is 3.62. The van der Waals surface area contributed by atoms with Crippen molar-refractivity contribution in [2.75, 3.05) is 5.73 Å². The van der Waals surface area contributed by atoms with Crippen LogP contribution >= 0.6 is 0 Å². The van der Waals surface area contributed by atoms with E-state index in [0.29, 0.717) is 16.8 Å². The highest BCUT2D eigenvalue weighted by molar-refractivity contribution is 6.23. The molecule has 2 aromatic rings. The molecule has 0 aliphatic heterocycles. The second-order valence-electron chi connectivity index (χ2n) is 9.67. The Bertz CT molecular complexity index is 1470. The number of aromatic hydroxyl groups is 1. The highest BCUT2D eigenvalue weighted by Crippen LogP contribution is 2.52. The largest absolute Gasteiger partial charge is 0.508 e. The van der Waals surface area contributed by atoms with E-state index in [2.05, 4.69) is 0 Å². The van der Waals surface area contributed by atoms with Crippen LogP contribution in [0.4, 0.5) is 5.69 Å². The minimum atomic E-state index is -2.90. The first-order valence-electron chi connectivity index (χ1n) is 11.8. The Morgan fingerprint density at radius 1 is 1.03 bits per heavy atom. The molecular formula is C27H24N2O9. The number of aliphatic hydroxyl groups excluding tert-OH is 2. The molecule has 0 bridgehead atoms. The molecular weight excluding hydrogens is 496 g/mol. The molecule has 0 aromatic heterocycles. The van der Waals surface area contributed by atoms with Gasteiger partial charge in [0.2, 0.25) is 5.78 Å². The highest BCUT2D eigenvalue weighted by atomic mass is 16.5. The maximum Gasteiger partial charge on any atom is 0.310 e. The van der Waals surface area contributed by atoms with Crippen molar-refractivity contribution >= 4 is 34.9 Å². The van der Waals surface area contributed by atoms with Gasteiger partial charge in [0.25, 0.3) is 5.91 Å². The lowest BCUT2D eigenvalue weighted by atomic mass is 9.57. The van der Waals surface area contributed by atoms with Gasteiger partial charge in [-0.1, -0.05) is 24.3 Å². The number of carbonyl (C=O) groups is 4. The molecule has 5 rings (SSSR count). The smallest absolute Gasteiger partial charge is 0.310 e. The van der Waals surface area contributed by atoms with Crippen molar-refractivity contribution in [1.82, 2.24) is 0 Å². The number of phenolic OH excluding ortho intramolecular Hbond substituents is 1. The predicted molar refractivity (Wildman–Crippen MR) is 131 cm³/mol. The van der Waals surface area contributed by atoms with E-state index in [1.807, 2.05) is 0 Å². The number of primary amides is 1. The third-order valence-corrected chi connectivity index (χ3v) is 7.48. The summed E-state index contributed by atoms with van der Waals surface area (Å²) >= 11 is 0. The normalized spacial score (nSPS) is 26.4. The summed E-state index contributed by atoms with van der Waals surface area (Å²) in [6.45, 7) is 0. The molecule has 0 unspecified atom stereocenters. The lowest BCUT2D eigenvalue weighted by molar-refractivity contribution is -0.177. The van der Waals surface area contributed by atoms with Crippen LogP contribution in [0.5, 0.6) is 5.75 Å². The fourth-order valence-electron chi connectivity index (χ4n) is 5.71. The van der Waals surface area contributed by atoms with Gasteiger partial charge >= 0.3 is 5.97 Å². The van der Waals surface area contributed by atoms with Crippen molar-refractivity contribution in [1.29, 1.82) is 0 Å². The molecule has 8 N–H and O–H groups in total. The number of Topliss-reactive ketones (excluding diaryl/α,β-unsaturated/α-hetero) is 2. The number of amides is 1. The molecule has 11 nitrogen and oxygen atoms in total. The van der Waals surface area contributed by atoms with E-state index in [1.54, 1.807) is 30.3 Å². The average Bonchev–Trinajstić information content (AvgIpc) is 2.85. The van der Waals surface area contributed by atoms with Gasteiger partial charge in [-0.3, -0.25) is 19.2 Å². The molecule has 4 atom stereocenters. The molecule has 0 spiro atoms. The van der Waals surface area contributed by atoms with Crippen LogP contribution in [-0.4, -0.2) is 55.6 Å². The van der Waals surface area contributed by atoms with Crippen molar-refractivity contribution in [2.45, 2.75) is 31.0 Å². The summed E-state index contributed by atoms with van der Waals surface area (Å²) in [5.41, 5.74) is 8.11. The monoisotopic (exact) mass is 520 g/mol. The third-order valence-electron chi connectivity index (χ3n) is 7.48. The molecule has 11 heteroatoms. The Labute approximate surface area is 215 Å². The molecule has 0 heterocycles. The van der Waals surface area contributed by atoms with Crippen LogP contribution in [0.3, 0.4) is 0 Å². The fourth-order valence-corrected chi connectivity index (χ4v) is 5.71. The number of carbonyl (C=O) groups excluding carboxylic acids is 4. The number of esters is 1. The minimum absolute atomic E-state index is 0.00259. The molecule has 0 radical (unpaired) electrons. The second kappa shape index (κ2) is 8.73. The van der Waals surface area contributed by atoms with Gasteiger partial charge in [-0.25, -0.2) is 0 Å². The van der Waals surface area contributed by atoms with Crippen molar-refractivity contribution in [3.63, 3.8) is 0 Å². The summed E-state index contributed by atoms with van der Waals surface area (Å²) in [5.74, 6) is -9.02. The van der Waals surface area contributed by atoms with E-state index < -0.39 is 76.1 Å². The van der Waals surface area contributed by atoms with Gasteiger partial charge in [-0.05, 0) is 35.7 Å². The number of nitrogen functional groups attached to an aromatic ring is 1. The number of nitrogens with two attached hydrogens (primary N) is 2. The molecule has 3 aliphatic rings. The Balaban J connectivity index is 1.65. The van der Waals surface area contributed by atoms with Gasteiger partial charge in [-0.2, -0.15) is 0 Å². The van der Waals surface area contributed by atoms with Gasteiger partial charge in [0.15, 0.2) is 11.4 Å². The van der Waals surface area contributed by atoms with Crippen LogP contribution in [0.15, 0.2) is 59.4 Å². The fraction of sp³-hybridized carbons (Fsp3) is 0.259. The zero-order valence-electron chi connectivity index (χ0n) is 19.9. The van der Waals surface area contributed by atoms with Gasteiger partial charge in [-0.15, -0.1) is 0 Å². The summed E-state index contributed by atoms with van der Waals surface area (Å²) in [4.78, 5) is 51.5. The first-order chi connectivity index (χ1) is 17.9. The first kappa shape index (κ1) is 25.0. The van der Waals surface area contributed by atoms with Crippen molar-refractivity contribution < 1.29 is 44.3 Å². The summed E-state index contributed by atoms with van der Waals surface area (Å²) in [5, 5.41) is 44.0. The molecule has 1 fully saturated rings. The topological polar surface area (TPSA) is 210 Å². The standard InChI is InChI=1S/C27H24N2O9/c28-13-6-4-11(5-7-13)8-18(32)38-23-14-9-12-2-1-3-16(30)19(12)22(33)20(14)24(34)27(37)15(23)10-17(31)21(25(27)35)26(29)36/h1-7,14-15,23,30,33,35,37H,8-10,28H2,(H2,29,36)/t14-,15-,23+,27+/m1/s1. The molecule has 38 heavy (non-hydrogen) atoms. The van der Waals surface area contributed by atoms with Crippen LogP contribution in [0, 0.1) is 11.8 Å². The van der Waals surface area contributed by atoms with Gasteiger partial charge in [0.05, 0.1) is 12.0 Å². The van der Waals surface area contributed by atoms with Gasteiger partial charge < -0.3 is 36.6 Å². The highest BCUT2D eigenvalue weighted by Gasteiger charge is 2.65. The Morgan fingerprint density at radius 3 is 2.37 bits per heavy atom. The van der Waals surface area contributed by atoms with Crippen LogP contribution in [0.1, 0.15) is 23.1 Å². The zero-order chi connectivity index (χ0) is 27.5. The van der Waals surface area contributed by atoms with Crippen LogP contribution < -0.4 is 11.5 Å². The number of hydrogen-bond acceptors (Lipinski definition) is 10. The van der Waals surface area contributed by atoms with E-state index in [1.165, 1.54) is 12.1 Å². The number of ketones is 2. The number of phenols is 1. The average molecular weight is 520 g/mol. The summed E-state index contributed by atoms with van der Waals surface area (Å²) in [6, 6.07) is 10.9. The number of aliphatic hydroxyl groups is 3. The molecule has 1 amide bonds. The van der Waals surface area contributed by atoms with Crippen LogP contribution in [-0.2, 0) is 36.8 Å². The summed E-state index contributed by atoms with van der Waals surface area (Å²) in [6.07, 6.45) is -2.23. The Morgan fingerprint density at radius 2 is 1.71 bits per heavy atom. The predicted octanol–water partition coefficient (Wildman–Crippen LogP) is 0.770. The minimum Gasteiger partial charge on any atom is -0.508 e. The van der Waals surface area contributed by atoms with Gasteiger partial charge in [0.1, 0.15) is 28.9 Å². The molecule has 2 aromatic carbocycles. The molecule has 0 saturated heterocycles. The maximum atomic E-state index is 13.7. The number of rotatable bonds is 4. The SMILES string of the molecule is NC(=O)C1=C(O)[C@@]2(O)C(=O)C3=C(O)c4c(O)cccc4C[C@H]3[C@H](OC(=O)Cc3ccc(N)cc3)[C@H]2CC1=O.